The Labute approximate surface area is 130 Å². The third-order valence-electron chi connectivity index (χ3n) is 4.73. The van der Waals surface area contributed by atoms with Crippen LogP contribution in [0.2, 0.25) is 0 Å². The van der Waals surface area contributed by atoms with Crippen LogP contribution < -0.4 is 5.43 Å². The molecule has 3 rings (SSSR count). The van der Waals surface area contributed by atoms with Crippen molar-refractivity contribution in [2.75, 3.05) is 0 Å². The molecule has 0 N–H and O–H groups in total. The highest BCUT2D eigenvalue weighted by molar-refractivity contribution is 5.91. The third kappa shape index (κ3) is 2.89. The Morgan fingerprint density at radius 3 is 2.91 bits per heavy atom. The van der Waals surface area contributed by atoms with Crippen LogP contribution in [0.3, 0.4) is 0 Å². The molecule has 3 heteroatoms. The summed E-state index contributed by atoms with van der Waals surface area (Å²) < 4.78 is 2.15. The summed E-state index contributed by atoms with van der Waals surface area (Å²) >= 11 is 0. The second-order valence-corrected chi connectivity index (χ2v) is 6.19. The summed E-state index contributed by atoms with van der Waals surface area (Å²) in [7, 11) is 0. The van der Waals surface area contributed by atoms with Crippen LogP contribution >= 0.6 is 0 Å². The van der Waals surface area contributed by atoms with Crippen LogP contribution in [-0.2, 0) is 11.3 Å². The summed E-state index contributed by atoms with van der Waals surface area (Å²) in [6.07, 6.45) is 7.47. The molecule has 0 saturated heterocycles. The van der Waals surface area contributed by atoms with Gasteiger partial charge in [-0.05, 0) is 43.4 Å². The molecule has 0 radical (unpaired) electrons. The number of nitrogens with zero attached hydrogens (tertiary/aromatic N) is 1. The van der Waals surface area contributed by atoms with E-state index in [-0.39, 0.29) is 17.1 Å². The smallest absolute Gasteiger partial charge is 0.189 e. The lowest BCUT2D eigenvalue weighted by molar-refractivity contribution is -0.119. The average Bonchev–Trinajstić information content (AvgIpc) is 2.57. The van der Waals surface area contributed by atoms with E-state index in [2.05, 4.69) is 11.1 Å². The molecule has 0 bridgehead atoms. The van der Waals surface area contributed by atoms with Crippen LogP contribution in [0.4, 0.5) is 0 Å². The van der Waals surface area contributed by atoms with Gasteiger partial charge in [-0.25, -0.2) is 0 Å². The average molecular weight is 295 g/mol. The highest BCUT2D eigenvalue weighted by atomic mass is 16.1. The molecule has 1 aromatic heterocycles. The molecule has 1 aromatic carbocycles. The molecule has 0 spiro atoms. The first kappa shape index (κ1) is 14.8. The maximum atomic E-state index is 11.9. The van der Waals surface area contributed by atoms with E-state index >= 15 is 0 Å². The Morgan fingerprint density at radius 1 is 1.27 bits per heavy atom. The Hall–Kier alpha value is -2.16. The van der Waals surface area contributed by atoms with Crippen molar-refractivity contribution in [3.8, 4) is 0 Å². The van der Waals surface area contributed by atoms with Crippen LogP contribution in [0.5, 0.6) is 0 Å². The fraction of sp³-hybridized carbons (Fsp3) is 0.368. The first-order valence-corrected chi connectivity index (χ1v) is 7.93. The molecule has 0 amide bonds. The first-order valence-electron chi connectivity index (χ1n) is 7.93. The highest BCUT2D eigenvalue weighted by Crippen LogP contribution is 2.31. The number of rotatable bonds is 4. The zero-order valence-corrected chi connectivity index (χ0v) is 12.7. The van der Waals surface area contributed by atoms with Crippen molar-refractivity contribution in [1.29, 1.82) is 0 Å². The number of allylic oxidation sites excluding steroid dienone is 1. The molecular weight excluding hydrogens is 274 g/mol. The van der Waals surface area contributed by atoms with E-state index in [1.807, 2.05) is 30.5 Å². The monoisotopic (exact) mass is 295 g/mol. The lowest BCUT2D eigenvalue weighted by Crippen LogP contribution is -2.25. The Morgan fingerprint density at radius 2 is 2.09 bits per heavy atom. The molecule has 1 heterocycles. The van der Waals surface area contributed by atoms with Gasteiger partial charge < -0.3 is 4.57 Å². The van der Waals surface area contributed by atoms with E-state index in [0.29, 0.717) is 5.92 Å². The minimum Gasteiger partial charge on any atom is -0.347 e. The Balaban J connectivity index is 1.84. The van der Waals surface area contributed by atoms with E-state index in [1.165, 1.54) is 6.08 Å². The van der Waals surface area contributed by atoms with Gasteiger partial charge >= 0.3 is 0 Å². The minimum absolute atomic E-state index is 0.0650. The summed E-state index contributed by atoms with van der Waals surface area (Å²) in [5, 5.41) is 0.763. The predicted molar refractivity (Wildman–Crippen MR) is 88.9 cm³/mol. The van der Waals surface area contributed by atoms with Gasteiger partial charge in [0.15, 0.2) is 11.2 Å². The Bertz CT molecular complexity index is 759. The number of carbonyl (C=O) groups excluding carboxylic acids is 1. The Kier molecular flexibility index (Phi) is 4.23. The van der Waals surface area contributed by atoms with Crippen molar-refractivity contribution < 1.29 is 4.79 Å². The number of hydrogen-bond donors (Lipinski definition) is 0. The summed E-state index contributed by atoms with van der Waals surface area (Å²) in [4.78, 5) is 23.8. The number of hydrogen-bond acceptors (Lipinski definition) is 2. The maximum absolute atomic E-state index is 11.9. The number of para-hydroxylation sites is 1. The van der Waals surface area contributed by atoms with Crippen LogP contribution in [0.1, 0.15) is 25.7 Å². The van der Waals surface area contributed by atoms with Gasteiger partial charge in [-0.2, -0.15) is 0 Å². The molecule has 1 fully saturated rings. The molecule has 2 unspecified atom stereocenters. The lowest BCUT2D eigenvalue weighted by atomic mass is 9.79. The van der Waals surface area contributed by atoms with Gasteiger partial charge in [0.05, 0.1) is 5.52 Å². The fourth-order valence-electron chi connectivity index (χ4n) is 3.58. The standard InChI is InChI=1S/C19H21NO2/c1-2-18(21)15-7-5-6-14(12-15)13-20-11-10-19(22)16-8-3-4-9-17(16)20/h2-4,8-11,14-15H,1,5-7,12-13H2. The molecule has 0 aliphatic heterocycles. The van der Waals surface area contributed by atoms with Crippen LogP contribution in [-0.4, -0.2) is 10.4 Å². The molecular formula is C19H21NO2. The van der Waals surface area contributed by atoms with Crippen LogP contribution in [0, 0.1) is 11.8 Å². The molecule has 1 saturated carbocycles. The number of ketones is 1. The summed E-state index contributed by atoms with van der Waals surface area (Å²) in [5.41, 5.74) is 1.04. The van der Waals surface area contributed by atoms with Gasteiger partial charge in [0, 0.05) is 30.1 Å². The summed E-state index contributed by atoms with van der Waals surface area (Å²) in [6.45, 7) is 4.47. The number of pyridine rings is 1. The molecule has 1 aliphatic rings. The van der Waals surface area contributed by atoms with Gasteiger partial charge in [0.1, 0.15) is 0 Å². The van der Waals surface area contributed by atoms with Crippen molar-refractivity contribution in [3.63, 3.8) is 0 Å². The number of benzene rings is 1. The minimum atomic E-state index is 0.0650. The van der Waals surface area contributed by atoms with Gasteiger partial charge in [-0.15, -0.1) is 0 Å². The molecule has 22 heavy (non-hydrogen) atoms. The molecule has 1 aliphatic carbocycles. The van der Waals surface area contributed by atoms with Gasteiger partial charge in [0.25, 0.3) is 0 Å². The first-order chi connectivity index (χ1) is 10.7. The van der Waals surface area contributed by atoms with Crippen LogP contribution in [0.25, 0.3) is 10.9 Å². The highest BCUT2D eigenvalue weighted by Gasteiger charge is 2.26. The van der Waals surface area contributed by atoms with E-state index in [0.717, 1.165) is 43.1 Å². The second-order valence-electron chi connectivity index (χ2n) is 6.19. The van der Waals surface area contributed by atoms with Gasteiger partial charge in [0.2, 0.25) is 0 Å². The third-order valence-corrected chi connectivity index (χ3v) is 4.73. The summed E-state index contributed by atoms with van der Waals surface area (Å²) in [5.74, 6) is 0.782. The lowest BCUT2D eigenvalue weighted by Gasteiger charge is -2.28. The number of carbonyl (C=O) groups is 1. The van der Waals surface area contributed by atoms with Crippen molar-refractivity contribution in [1.82, 2.24) is 4.57 Å². The van der Waals surface area contributed by atoms with Crippen molar-refractivity contribution in [3.05, 3.63) is 59.4 Å². The number of fused-ring (bicyclic) bond motifs is 1. The topological polar surface area (TPSA) is 39.1 Å². The quantitative estimate of drug-likeness (QED) is 0.809. The van der Waals surface area contributed by atoms with Crippen molar-refractivity contribution in [2.24, 2.45) is 11.8 Å². The molecule has 114 valence electrons. The van der Waals surface area contributed by atoms with E-state index in [4.69, 9.17) is 0 Å². The fourth-order valence-corrected chi connectivity index (χ4v) is 3.58. The largest absolute Gasteiger partial charge is 0.347 e. The normalized spacial score (nSPS) is 21.6. The van der Waals surface area contributed by atoms with E-state index in [9.17, 15) is 9.59 Å². The molecule has 2 atom stereocenters. The molecule has 3 nitrogen and oxygen atoms in total. The zero-order chi connectivity index (χ0) is 15.5. The summed E-state index contributed by atoms with van der Waals surface area (Å²) in [6, 6.07) is 9.36. The van der Waals surface area contributed by atoms with Gasteiger partial charge in [-0.1, -0.05) is 25.1 Å². The zero-order valence-electron chi connectivity index (χ0n) is 12.7. The second kappa shape index (κ2) is 6.30. The van der Waals surface area contributed by atoms with Gasteiger partial charge in [-0.3, -0.25) is 9.59 Å². The van der Waals surface area contributed by atoms with Crippen molar-refractivity contribution >= 4 is 16.7 Å². The number of aromatic nitrogens is 1. The van der Waals surface area contributed by atoms with Crippen molar-refractivity contribution in [2.45, 2.75) is 32.2 Å². The molecule has 2 aromatic rings. The maximum Gasteiger partial charge on any atom is 0.189 e. The van der Waals surface area contributed by atoms with E-state index in [1.54, 1.807) is 6.07 Å². The van der Waals surface area contributed by atoms with E-state index < -0.39 is 0 Å². The van der Waals surface area contributed by atoms with Crippen LogP contribution in [0.15, 0.2) is 54.0 Å². The predicted octanol–water partition coefficient (Wildman–Crippen LogP) is 3.56. The SMILES string of the molecule is C=CC(=O)C1CCCC(Cn2ccc(=O)c3ccccc32)C1.